The van der Waals surface area contributed by atoms with Gasteiger partial charge < -0.3 is 14.4 Å². The Kier molecular flexibility index (Phi) is 4.24. The summed E-state index contributed by atoms with van der Waals surface area (Å²) in [6.07, 6.45) is 5.07. The highest BCUT2D eigenvalue weighted by Crippen LogP contribution is 2.24. The Morgan fingerprint density at radius 1 is 1.47 bits per heavy atom. The molecule has 1 aliphatic heterocycles. The van der Waals surface area contributed by atoms with Crippen molar-refractivity contribution in [2.45, 2.75) is 45.1 Å². The highest BCUT2D eigenvalue weighted by molar-refractivity contribution is 5.95. The highest BCUT2D eigenvalue weighted by atomic mass is 16.4. The molecule has 5 heteroatoms. The normalized spacial score (nSPS) is 19.4. The van der Waals surface area contributed by atoms with Gasteiger partial charge in [0.05, 0.1) is 11.8 Å². The van der Waals surface area contributed by atoms with Gasteiger partial charge in [-0.3, -0.25) is 9.59 Å². The average molecular weight is 265 g/mol. The van der Waals surface area contributed by atoms with Gasteiger partial charge in [0.1, 0.15) is 5.76 Å². The largest absolute Gasteiger partial charge is 0.481 e. The third-order valence-corrected chi connectivity index (χ3v) is 3.67. The van der Waals surface area contributed by atoms with Crippen LogP contribution in [0.25, 0.3) is 0 Å². The summed E-state index contributed by atoms with van der Waals surface area (Å²) in [6, 6.07) is 1.72. The SMILES string of the molecule is Cc1occc1C(=O)N1CCCC[C@H]1CCC(=O)O. The molecule has 0 saturated carbocycles. The molecule has 2 rings (SSSR count). The molecule has 1 aliphatic rings. The summed E-state index contributed by atoms with van der Waals surface area (Å²) in [5, 5.41) is 8.78. The van der Waals surface area contributed by atoms with Gasteiger partial charge in [0.2, 0.25) is 0 Å². The summed E-state index contributed by atoms with van der Waals surface area (Å²) >= 11 is 0. The number of hydrogen-bond acceptors (Lipinski definition) is 3. The van der Waals surface area contributed by atoms with Crippen molar-refractivity contribution < 1.29 is 19.1 Å². The lowest BCUT2D eigenvalue weighted by Crippen LogP contribution is -2.44. The van der Waals surface area contributed by atoms with Crippen LogP contribution in [0.1, 0.15) is 48.2 Å². The first kappa shape index (κ1) is 13.6. The Morgan fingerprint density at radius 3 is 2.89 bits per heavy atom. The minimum atomic E-state index is -0.808. The first-order valence-electron chi connectivity index (χ1n) is 6.66. The fourth-order valence-electron chi connectivity index (χ4n) is 2.62. The van der Waals surface area contributed by atoms with Gasteiger partial charge in [-0.15, -0.1) is 0 Å². The second-order valence-electron chi connectivity index (χ2n) is 4.97. The molecule has 2 heterocycles. The number of rotatable bonds is 4. The van der Waals surface area contributed by atoms with Crippen LogP contribution in [-0.2, 0) is 4.79 Å². The number of hydrogen-bond donors (Lipinski definition) is 1. The first-order chi connectivity index (χ1) is 9.09. The van der Waals surface area contributed by atoms with E-state index in [0.29, 0.717) is 24.3 Å². The Labute approximate surface area is 112 Å². The predicted octanol–water partition coefficient (Wildman–Crippen LogP) is 2.45. The number of piperidine rings is 1. The van der Waals surface area contributed by atoms with E-state index >= 15 is 0 Å². The van der Waals surface area contributed by atoms with E-state index in [-0.39, 0.29) is 18.4 Å². The summed E-state index contributed by atoms with van der Waals surface area (Å²) < 4.78 is 5.17. The lowest BCUT2D eigenvalue weighted by Gasteiger charge is -2.35. The van der Waals surface area contributed by atoms with E-state index < -0.39 is 5.97 Å². The van der Waals surface area contributed by atoms with Crippen molar-refractivity contribution in [1.29, 1.82) is 0 Å². The number of likely N-dealkylation sites (tertiary alicyclic amines) is 1. The molecule has 1 aromatic heterocycles. The molecule has 0 aromatic carbocycles. The molecule has 1 amide bonds. The van der Waals surface area contributed by atoms with Crippen molar-refractivity contribution >= 4 is 11.9 Å². The Bertz CT molecular complexity index is 466. The summed E-state index contributed by atoms with van der Waals surface area (Å²) in [5.41, 5.74) is 0.585. The Hall–Kier alpha value is -1.78. The quantitative estimate of drug-likeness (QED) is 0.907. The van der Waals surface area contributed by atoms with Gasteiger partial charge >= 0.3 is 5.97 Å². The number of carbonyl (C=O) groups is 2. The third kappa shape index (κ3) is 3.16. The van der Waals surface area contributed by atoms with Gasteiger partial charge in [-0.2, -0.15) is 0 Å². The molecule has 0 spiro atoms. The minimum Gasteiger partial charge on any atom is -0.481 e. The van der Waals surface area contributed by atoms with Gasteiger partial charge in [-0.1, -0.05) is 0 Å². The second-order valence-corrected chi connectivity index (χ2v) is 4.97. The molecular formula is C14H19NO4. The van der Waals surface area contributed by atoms with Crippen molar-refractivity contribution in [1.82, 2.24) is 4.90 Å². The first-order valence-corrected chi connectivity index (χ1v) is 6.66. The summed E-state index contributed by atoms with van der Waals surface area (Å²) in [4.78, 5) is 24.9. The number of aryl methyl sites for hydroxylation is 1. The molecule has 0 unspecified atom stereocenters. The highest BCUT2D eigenvalue weighted by Gasteiger charge is 2.29. The van der Waals surface area contributed by atoms with Crippen molar-refractivity contribution in [2.75, 3.05) is 6.54 Å². The molecule has 1 fully saturated rings. The van der Waals surface area contributed by atoms with Gasteiger partial charge in [0, 0.05) is 19.0 Å². The zero-order valence-electron chi connectivity index (χ0n) is 11.1. The summed E-state index contributed by atoms with van der Waals surface area (Å²) in [6.45, 7) is 2.47. The number of nitrogens with zero attached hydrogens (tertiary/aromatic N) is 1. The van der Waals surface area contributed by atoms with E-state index in [1.54, 1.807) is 13.0 Å². The van der Waals surface area contributed by atoms with Crippen LogP contribution < -0.4 is 0 Å². The van der Waals surface area contributed by atoms with E-state index in [1.165, 1.54) is 6.26 Å². The van der Waals surface area contributed by atoms with Gasteiger partial charge in [-0.05, 0) is 38.7 Å². The van der Waals surface area contributed by atoms with Gasteiger partial charge in [0.15, 0.2) is 0 Å². The fourth-order valence-corrected chi connectivity index (χ4v) is 2.62. The van der Waals surface area contributed by atoms with Crippen LogP contribution in [-0.4, -0.2) is 34.5 Å². The van der Waals surface area contributed by atoms with Crippen LogP contribution in [0.3, 0.4) is 0 Å². The van der Waals surface area contributed by atoms with Gasteiger partial charge in [0.25, 0.3) is 5.91 Å². The van der Waals surface area contributed by atoms with E-state index in [2.05, 4.69) is 0 Å². The molecule has 5 nitrogen and oxygen atoms in total. The zero-order valence-corrected chi connectivity index (χ0v) is 11.1. The number of aliphatic carboxylic acids is 1. The molecular weight excluding hydrogens is 246 g/mol. The number of carboxylic acid groups (broad SMARTS) is 1. The maximum Gasteiger partial charge on any atom is 0.303 e. The van der Waals surface area contributed by atoms with E-state index in [1.807, 2.05) is 4.90 Å². The predicted molar refractivity (Wildman–Crippen MR) is 69.0 cm³/mol. The maximum absolute atomic E-state index is 12.5. The molecule has 0 radical (unpaired) electrons. The molecule has 1 N–H and O–H groups in total. The van der Waals surface area contributed by atoms with Crippen molar-refractivity contribution in [3.05, 3.63) is 23.7 Å². The second kappa shape index (κ2) is 5.91. The average Bonchev–Trinajstić information content (AvgIpc) is 2.82. The van der Waals surface area contributed by atoms with Crippen LogP contribution in [0, 0.1) is 6.92 Å². The van der Waals surface area contributed by atoms with Crippen molar-refractivity contribution in [3.8, 4) is 0 Å². The smallest absolute Gasteiger partial charge is 0.303 e. The maximum atomic E-state index is 12.5. The van der Waals surface area contributed by atoms with Crippen LogP contribution in [0.4, 0.5) is 0 Å². The summed E-state index contributed by atoms with van der Waals surface area (Å²) in [5.74, 6) is -0.230. The monoisotopic (exact) mass is 265 g/mol. The van der Waals surface area contributed by atoms with Crippen molar-refractivity contribution in [2.24, 2.45) is 0 Å². The molecule has 1 atom stereocenters. The summed E-state index contributed by atoms with van der Waals surface area (Å²) in [7, 11) is 0. The molecule has 0 aliphatic carbocycles. The standard InChI is InChI=1S/C14H19NO4/c1-10-12(7-9-19-10)14(18)15-8-3-2-4-11(15)5-6-13(16)17/h7,9,11H,2-6,8H2,1H3,(H,16,17)/t11-/m0/s1. The van der Waals surface area contributed by atoms with Crippen LogP contribution in [0.5, 0.6) is 0 Å². The Balaban J connectivity index is 2.08. The minimum absolute atomic E-state index is 0.0339. The third-order valence-electron chi connectivity index (χ3n) is 3.67. The molecule has 1 saturated heterocycles. The topological polar surface area (TPSA) is 70.8 Å². The number of furan rings is 1. The van der Waals surface area contributed by atoms with E-state index in [0.717, 1.165) is 19.3 Å². The lowest BCUT2D eigenvalue weighted by atomic mass is 9.97. The van der Waals surface area contributed by atoms with Crippen LogP contribution in [0.15, 0.2) is 16.7 Å². The van der Waals surface area contributed by atoms with Crippen LogP contribution >= 0.6 is 0 Å². The number of carbonyl (C=O) groups excluding carboxylic acids is 1. The van der Waals surface area contributed by atoms with E-state index in [4.69, 9.17) is 9.52 Å². The fraction of sp³-hybridized carbons (Fsp3) is 0.571. The lowest BCUT2D eigenvalue weighted by molar-refractivity contribution is -0.137. The Morgan fingerprint density at radius 2 is 2.26 bits per heavy atom. The molecule has 0 bridgehead atoms. The number of carboxylic acids is 1. The van der Waals surface area contributed by atoms with Gasteiger partial charge in [-0.25, -0.2) is 0 Å². The molecule has 1 aromatic rings. The van der Waals surface area contributed by atoms with Crippen LogP contribution in [0.2, 0.25) is 0 Å². The molecule has 19 heavy (non-hydrogen) atoms. The zero-order chi connectivity index (χ0) is 13.8. The van der Waals surface area contributed by atoms with E-state index in [9.17, 15) is 9.59 Å². The van der Waals surface area contributed by atoms with Crippen molar-refractivity contribution in [3.63, 3.8) is 0 Å². The number of amides is 1. The molecule has 104 valence electrons.